The van der Waals surface area contributed by atoms with E-state index in [9.17, 15) is 18.0 Å². The fraction of sp³-hybridized carbons (Fsp3) is 0.400. The summed E-state index contributed by atoms with van der Waals surface area (Å²) in [7, 11) is -2.52. The molecule has 1 N–H and O–H groups in total. The molecule has 1 aliphatic heterocycles. The number of carbonyl (C=O) groups is 2. The quantitative estimate of drug-likeness (QED) is 0.624. The number of hydrogen-bond acceptors (Lipinski definition) is 6. The van der Waals surface area contributed by atoms with Crippen LogP contribution < -0.4 is 5.32 Å². The predicted molar refractivity (Wildman–Crippen MR) is 115 cm³/mol. The van der Waals surface area contributed by atoms with Gasteiger partial charge in [-0.3, -0.25) is 4.79 Å². The number of ether oxygens (including phenoxy) is 1. The van der Waals surface area contributed by atoms with Crippen LogP contribution in [0.2, 0.25) is 10.0 Å². The maximum absolute atomic E-state index is 12.9. The average Bonchev–Trinajstić information content (AvgIpc) is 3.13. The van der Waals surface area contributed by atoms with E-state index in [2.05, 4.69) is 10.1 Å². The van der Waals surface area contributed by atoms with E-state index in [1.165, 1.54) is 35.7 Å². The van der Waals surface area contributed by atoms with Crippen molar-refractivity contribution in [1.82, 2.24) is 9.62 Å². The first kappa shape index (κ1) is 23.6. The van der Waals surface area contributed by atoms with E-state index in [-0.39, 0.29) is 46.4 Å². The predicted octanol–water partition coefficient (Wildman–Crippen LogP) is 3.40. The number of carbonyl (C=O) groups excluding carboxylic acids is 2. The normalized spacial score (nSPS) is 15.6. The van der Waals surface area contributed by atoms with Crippen molar-refractivity contribution in [1.29, 1.82) is 0 Å². The Morgan fingerprint density at radius 3 is 2.55 bits per heavy atom. The Labute approximate surface area is 190 Å². The summed E-state index contributed by atoms with van der Waals surface area (Å²) in [6, 6.07) is 5.82. The van der Waals surface area contributed by atoms with Crippen LogP contribution in [0.25, 0.3) is 0 Å². The highest BCUT2D eigenvalue weighted by Crippen LogP contribution is 2.30. The van der Waals surface area contributed by atoms with Gasteiger partial charge in [0.1, 0.15) is 22.0 Å². The lowest BCUT2D eigenvalue weighted by molar-refractivity contribution is -0.126. The van der Waals surface area contributed by atoms with Gasteiger partial charge in [-0.25, -0.2) is 13.2 Å². The molecule has 11 heteroatoms. The summed E-state index contributed by atoms with van der Waals surface area (Å²) < 4.78 is 37.3. The second-order valence-corrected chi connectivity index (χ2v) is 9.90. The number of methoxy groups -OCH3 is 1. The number of amides is 1. The number of furan rings is 1. The van der Waals surface area contributed by atoms with Gasteiger partial charge in [0.05, 0.1) is 18.7 Å². The molecule has 0 spiro atoms. The van der Waals surface area contributed by atoms with Crippen molar-refractivity contribution in [2.24, 2.45) is 5.92 Å². The third-order valence-corrected chi connectivity index (χ3v) is 7.76. The minimum atomic E-state index is -3.81. The van der Waals surface area contributed by atoms with Gasteiger partial charge in [0.2, 0.25) is 15.9 Å². The Balaban J connectivity index is 1.57. The number of rotatable bonds is 6. The Morgan fingerprint density at radius 2 is 1.90 bits per heavy atom. The molecule has 1 amide bonds. The van der Waals surface area contributed by atoms with E-state index in [0.717, 1.165) is 0 Å². The van der Waals surface area contributed by atoms with Crippen LogP contribution in [-0.4, -0.2) is 44.8 Å². The summed E-state index contributed by atoms with van der Waals surface area (Å²) in [5.41, 5.74) is 0.310. The highest BCUT2D eigenvalue weighted by molar-refractivity contribution is 7.89. The van der Waals surface area contributed by atoms with E-state index in [1.807, 2.05) is 0 Å². The summed E-state index contributed by atoms with van der Waals surface area (Å²) in [4.78, 5) is 24.1. The third kappa shape index (κ3) is 5.23. The van der Waals surface area contributed by atoms with Gasteiger partial charge in [-0.05, 0) is 44.0 Å². The lowest BCUT2D eigenvalue weighted by Crippen LogP contribution is -2.42. The molecule has 0 aliphatic carbocycles. The first-order valence-electron chi connectivity index (χ1n) is 9.54. The molecule has 0 bridgehead atoms. The Kier molecular flexibility index (Phi) is 7.31. The van der Waals surface area contributed by atoms with Crippen molar-refractivity contribution in [2.45, 2.75) is 31.2 Å². The molecule has 0 radical (unpaired) electrons. The molecule has 1 aliphatic rings. The summed E-state index contributed by atoms with van der Waals surface area (Å²) in [5.74, 6) is -0.202. The van der Waals surface area contributed by atoms with Gasteiger partial charge >= 0.3 is 5.97 Å². The molecule has 0 unspecified atom stereocenters. The summed E-state index contributed by atoms with van der Waals surface area (Å²) in [5, 5.41) is 3.16. The lowest BCUT2D eigenvalue weighted by atomic mass is 9.97. The van der Waals surface area contributed by atoms with Crippen molar-refractivity contribution in [2.75, 3.05) is 20.2 Å². The van der Waals surface area contributed by atoms with Gasteiger partial charge in [0.15, 0.2) is 0 Å². The summed E-state index contributed by atoms with van der Waals surface area (Å²) in [6.07, 6.45) is 0.738. The van der Waals surface area contributed by atoms with Gasteiger partial charge in [-0.2, -0.15) is 4.31 Å². The minimum Gasteiger partial charge on any atom is -0.465 e. The second-order valence-electron chi connectivity index (χ2n) is 7.15. The molecule has 1 fully saturated rings. The van der Waals surface area contributed by atoms with Crippen LogP contribution in [0.15, 0.2) is 33.6 Å². The van der Waals surface area contributed by atoms with Crippen LogP contribution in [0.4, 0.5) is 0 Å². The van der Waals surface area contributed by atoms with E-state index >= 15 is 0 Å². The molecule has 2 heterocycles. The zero-order chi connectivity index (χ0) is 22.8. The zero-order valence-electron chi connectivity index (χ0n) is 17.0. The van der Waals surface area contributed by atoms with Crippen LogP contribution in [0.1, 0.15) is 34.7 Å². The standard InChI is InChI=1S/C20H22Cl2N2O6S/c1-12-16(20(26)29-2)10-15(30-12)11-23-19(25)13-5-7-24(8-6-13)31(27,28)18-9-14(21)3-4-17(18)22/h3-4,9-10,13H,5-8,11H2,1-2H3,(H,23,25). The van der Waals surface area contributed by atoms with Gasteiger partial charge in [-0.1, -0.05) is 23.2 Å². The lowest BCUT2D eigenvalue weighted by Gasteiger charge is -2.30. The molecule has 1 saturated heterocycles. The third-order valence-electron chi connectivity index (χ3n) is 5.15. The van der Waals surface area contributed by atoms with E-state index in [4.69, 9.17) is 27.6 Å². The fourth-order valence-electron chi connectivity index (χ4n) is 3.43. The van der Waals surface area contributed by atoms with Crippen molar-refractivity contribution in [3.05, 3.63) is 51.4 Å². The second kappa shape index (κ2) is 9.60. The van der Waals surface area contributed by atoms with Crippen LogP contribution in [0, 0.1) is 12.8 Å². The molecular weight excluding hydrogens is 467 g/mol. The number of nitrogens with zero attached hydrogens (tertiary/aromatic N) is 1. The van der Waals surface area contributed by atoms with Gasteiger partial charge in [0, 0.05) is 24.0 Å². The summed E-state index contributed by atoms with van der Waals surface area (Å²) in [6.45, 7) is 2.14. The van der Waals surface area contributed by atoms with Crippen LogP contribution >= 0.6 is 23.2 Å². The molecule has 1 aromatic heterocycles. The van der Waals surface area contributed by atoms with Crippen molar-refractivity contribution in [3.8, 4) is 0 Å². The largest absolute Gasteiger partial charge is 0.465 e. The van der Waals surface area contributed by atoms with Crippen LogP contribution in [0.5, 0.6) is 0 Å². The van der Waals surface area contributed by atoms with Crippen LogP contribution in [-0.2, 0) is 26.1 Å². The number of aryl methyl sites for hydroxylation is 1. The van der Waals surface area contributed by atoms with Crippen LogP contribution in [0.3, 0.4) is 0 Å². The molecule has 2 aromatic rings. The number of esters is 1. The molecule has 1 aromatic carbocycles. The maximum Gasteiger partial charge on any atom is 0.341 e. The Bertz CT molecular complexity index is 1090. The number of halogens is 2. The van der Waals surface area contributed by atoms with E-state index in [0.29, 0.717) is 29.9 Å². The van der Waals surface area contributed by atoms with Gasteiger partial charge in [0.25, 0.3) is 0 Å². The topological polar surface area (TPSA) is 106 Å². The molecular formula is C20H22Cl2N2O6S. The average molecular weight is 489 g/mol. The monoisotopic (exact) mass is 488 g/mol. The van der Waals surface area contributed by atoms with E-state index < -0.39 is 16.0 Å². The number of hydrogen-bond donors (Lipinski definition) is 1. The van der Waals surface area contributed by atoms with Crippen molar-refractivity contribution in [3.63, 3.8) is 0 Å². The highest BCUT2D eigenvalue weighted by atomic mass is 35.5. The molecule has 31 heavy (non-hydrogen) atoms. The fourth-order valence-corrected chi connectivity index (χ4v) is 5.64. The molecule has 8 nitrogen and oxygen atoms in total. The van der Waals surface area contributed by atoms with Gasteiger partial charge < -0.3 is 14.5 Å². The Hall–Kier alpha value is -2.07. The van der Waals surface area contributed by atoms with Crippen molar-refractivity contribution >= 4 is 45.1 Å². The number of sulfonamides is 1. The first-order valence-corrected chi connectivity index (χ1v) is 11.7. The van der Waals surface area contributed by atoms with Crippen molar-refractivity contribution < 1.29 is 27.2 Å². The highest BCUT2D eigenvalue weighted by Gasteiger charge is 2.33. The first-order chi connectivity index (χ1) is 14.6. The van der Waals surface area contributed by atoms with Gasteiger partial charge in [-0.15, -0.1) is 0 Å². The minimum absolute atomic E-state index is 0.0424. The zero-order valence-corrected chi connectivity index (χ0v) is 19.3. The maximum atomic E-state index is 12.9. The smallest absolute Gasteiger partial charge is 0.341 e. The summed E-state index contributed by atoms with van der Waals surface area (Å²) >= 11 is 12.0. The molecule has 168 valence electrons. The SMILES string of the molecule is COC(=O)c1cc(CNC(=O)C2CCN(S(=O)(=O)c3cc(Cl)ccc3Cl)CC2)oc1C. The number of piperidine rings is 1. The molecule has 3 rings (SSSR count). The van der Waals surface area contributed by atoms with E-state index in [1.54, 1.807) is 6.92 Å². The number of nitrogens with one attached hydrogen (secondary N) is 1. The Morgan fingerprint density at radius 1 is 1.23 bits per heavy atom. The number of benzene rings is 1. The molecule has 0 saturated carbocycles. The molecule has 0 atom stereocenters.